The molecule has 2 N–H and O–H groups in total. The monoisotopic (exact) mass is 258 g/mol. The van der Waals surface area contributed by atoms with Crippen LogP contribution in [-0.2, 0) is 7.05 Å². The lowest BCUT2D eigenvalue weighted by molar-refractivity contribution is 0.0952. The topological polar surface area (TPSA) is 73.8 Å². The zero-order valence-electron chi connectivity index (χ0n) is 7.77. The summed E-state index contributed by atoms with van der Waals surface area (Å²) in [7, 11) is 1.64. The number of carbonyl (C=O) groups is 1. The molecule has 1 heterocycles. The Hall–Kier alpha value is -1.01. The lowest BCUT2D eigenvalue weighted by Crippen LogP contribution is -2.31. The molecule has 1 aromatic rings. The van der Waals surface area contributed by atoms with Gasteiger partial charge in [-0.2, -0.15) is 0 Å². The van der Waals surface area contributed by atoms with Crippen LogP contribution in [0, 0.1) is 0 Å². The Morgan fingerprint density at radius 3 is 2.93 bits per heavy atom. The highest BCUT2D eigenvalue weighted by atomic mass is 79.9. The van der Waals surface area contributed by atoms with Gasteiger partial charge in [0.25, 0.3) is 0 Å². The normalized spacial score (nSPS) is 12.5. The molecule has 14 heavy (non-hydrogen) atoms. The SMILES string of the molecule is C=CCC(N)C(=O)c1c(Br)nnn1C. The minimum absolute atomic E-state index is 0.190. The molecule has 0 fully saturated rings. The molecule has 0 bridgehead atoms. The van der Waals surface area contributed by atoms with Gasteiger partial charge in [-0.1, -0.05) is 11.3 Å². The van der Waals surface area contributed by atoms with E-state index in [-0.39, 0.29) is 5.78 Å². The van der Waals surface area contributed by atoms with Crippen molar-refractivity contribution in [1.82, 2.24) is 15.0 Å². The Morgan fingerprint density at radius 1 is 1.86 bits per heavy atom. The largest absolute Gasteiger partial charge is 0.321 e. The molecular weight excluding hydrogens is 248 g/mol. The van der Waals surface area contributed by atoms with Crippen molar-refractivity contribution in [2.24, 2.45) is 12.8 Å². The molecule has 1 unspecified atom stereocenters. The molecule has 6 heteroatoms. The molecule has 0 amide bonds. The molecule has 0 aliphatic heterocycles. The Kier molecular flexibility index (Phi) is 3.54. The first-order valence-electron chi connectivity index (χ1n) is 4.03. The lowest BCUT2D eigenvalue weighted by atomic mass is 10.1. The molecule has 0 aromatic carbocycles. The van der Waals surface area contributed by atoms with Gasteiger partial charge in [0.2, 0.25) is 5.78 Å². The molecule has 0 aliphatic carbocycles. The van der Waals surface area contributed by atoms with Crippen LogP contribution >= 0.6 is 15.9 Å². The maximum atomic E-state index is 11.7. The van der Waals surface area contributed by atoms with Crippen LogP contribution in [0.15, 0.2) is 17.3 Å². The van der Waals surface area contributed by atoms with Gasteiger partial charge in [-0.05, 0) is 22.4 Å². The highest BCUT2D eigenvalue weighted by Gasteiger charge is 2.21. The minimum atomic E-state index is -0.582. The van der Waals surface area contributed by atoms with E-state index in [0.29, 0.717) is 16.7 Å². The van der Waals surface area contributed by atoms with E-state index in [1.54, 1.807) is 13.1 Å². The maximum Gasteiger partial charge on any atom is 0.200 e. The summed E-state index contributed by atoms with van der Waals surface area (Å²) in [6.07, 6.45) is 2.05. The molecule has 0 radical (unpaired) electrons. The van der Waals surface area contributed by atoms with Crippen LogP contribution in [0.4, 0.5) is 0 Å². The van der Waals surface area contributed by atoms with Crippen molar-refractivity contribution in [2.75, 3.05) is 0 Å². The first kappa shape index (κ1) is 11.1. The predicted molar refractivity (Wildman–Crippen MR) is 55.8 cm³/mol. The summed E-state index contributed by atoms with van der Waals surface area (Å²) in [5.74, 6) is -0.190. The van der Waals surface area contributed by atoms with Gasteiger partial charge in [0.05, 0.1) is 6.04 Å². The van der Waals surface area contributed by atoms with Crippen molar-refractivity contribution >= 4 is 21.7 Å². The third-order valence-corrected chi connectivity index (χ3v) is 2.31. The predicted octanol–water partition coefficient (Wildman–Crippen LogP) is 0.664. The van der Waals surface area contributed by atoms with Crippen molar-refractivity contribution < 1.29 is 4.79 Å². The highest BCUT2D eigenvalue weighted by Crippen LogP contribution is 2.14. The third kappa shape index (κ3) is 2.08. The average Bonchev–Trinajstić information content (AvgIpc) is 2.46. The molecule has 1 aromatic heterocycles. The molecule has 0 saturated carbocycles. The second-order valence-electron chi connectivity index (χ2n) is 2.85. The van der Waals surface area contributed by atoms with E-state index in [1.807, 2.05) is 0 Å². The van der Waals surface area contributed by atoms with E-state index in [0.717, 1.165) is 0 Å². The van der Waals surface area contributed by atoms with Gasteiger partial charge in [-0.25, -0.2) is 4.68 Å². The number of ketones is 1. The lowest BCUT2D eigenvalue weighted by Gasteiger charge is -2.07. The summed E-state index contributed by atoms with van der Waals surface area (Å²) in [5.41, 5.74) is 6.03. The van der Waals surface area contributed by atoms with Gasteiger partial charge in [-0.3, -0.25) is 4.79 Å². The summed E-state index contributed by atoms with van der Waals surface area (Å²) in [4.78, 5) is 11.7. The second-order valence-corrected chi connectivity index (χ2v) is 3.60. The van der Waals surface area contributed by atoms with Crippen LogP contribution in [0.1, 0.15) is 16.9 Å². The molecular formula is C8H11BrN4O. The van der Waals surface area contributed by atoms with E-state index in [2.05, 4.69) is 32.8 Å². The van der Waals surface area contributed by atoms with Crippen LogP contribution in [-0.4, -0.2) is 26.8 Å². The van der Waals surface area contributed by atoms with Gasteiger partial charge in [0.15, 0.2) is 4.60 Å². The Morgan fingerprint density at radius 2 is 2.50 bits per heavy atom. The highest BCUT2D eigenvalue weighted by molar-refractivity contribution is 9.10. The standard InChI is InChI=1S/C8H11BrN4O/c1-3-4-5(10)7(14)6-8(9)11-12-13(6)2/h3,5H,1,4,10H2,2H3. The quantitative estimate of drug-likeness (QED) is 0.636. The van der Waals surface area contributed by atoms with Gasteiger partial charge < -0.3 is 5.73 Å². The summed E-state index contributed by atoms with van der Waals surface area (Å²) < 4.78 is 1.82. The number of hydrogen-bond donors (Lipinski definition) is 1. The Balaban J connectivity index is 2.94. The van der Waals surface area contributed by atoms with E-state index >= 15 is 0 Å². The van der Waals surface area contributed by atoms with Crippen LogP contribution < -0.4 is 5.73 Å². The molecule has 0 spiro atoms. The number of rotatable bonds is 4. The zero-order chi connectivity index (χ0) is 10.7. The fourth-order valence-electron chi connectivity index (χ4n) is 1.06. The van der Waals surface area contributed by atoms with Crippen molar-refractivity contribution in [3.63, 3.8) is 0 Å². The summed E-state index contributed by atoms with van der Waals surface area (Å²) >= 11 is 3.14. The summed E-state index contributed by atoms with van der Waals surface area (Å²) in [5, 5.41) is 7.40. The van der Waals surface area contributed by atoms with E-state index in [9.17, 15) is 4.79 Å². The second kappa shape index (κ2) is 4.47. The van der Waals surface area contributed by atoms with Gasteiger partial charge >= 0.3 is 0 Å². The first-order chi connectivity index (χ1) is 6.57. The first-order valence-corrected chi connectivity index (χ1v) is 4.83. The summed E-state index contributed by atoms with van der Waals surface area (Å²) in [6.45, 7) is 3.53. The Labute approximate surface area is 90.1 Å². The molecule has 1 rings (SSSR count). The Bertz CT molecular complexity index is 341. The van der Waals surface area contributed by atoms with Crippen molar-refractivity contribution in [1.29, 1.82) is 0 Å². The molecule has 5 nitrogen and oxygen atoms in total. The van der Waals surface area contributed by atoms with Crippen LogP contribution in [0.2, 0.25) is 0 Å². The number of Topliss-reactive ketones (excluding diaryl/α,β-unsaturated/α-hetero) is 1. The minimum Gasteiger partial charge on any atom is -0.321 e. The van der Waals surface area contributed by atoms with Crippen molar-refractivity contribution in [3.05, 3.63) is 23.0 Å². The van der Waals surface area contributed by atoms with Crippen LogP contribution in [0.5, 0.6) is 0 Å². The van der Waals surface area contributed by atoms with Crippen molar-refractivity contribution in [3.8, 4) is 0 Å². The number of halogens is 1. The number of hydrogen-bond acceptors (Lipinski definition) is 4. The van der Waals surface area contributed by atoms with Crippen LogP contribution in [0.3, 0.4) is 0 Å². The van der Waals surface area contributed by atoms with E-state index < -0.39 is 6.04 Å². The van der Waals surface area contributed by atoms with Gasteiger partial charge in [0, 0.05) is 7.05 Å². The molecule has 1 atom stereocenters. The number of carbonyl (C=O) groups excluding carboxylic acids is 1. The molecule has 0 saturated heterocycles. The fourth-order valence-corrected chi connectivity index (χ4v) is 1.58. The maximum absolute atomic E-state index is 11.7. The third-order valence-electron chi connectivity index (χ3n) is 1.78. The number of nitrogens with zero attached hydrogens (tertiary/aromatic N) is 3. The molecule has 0 aliphatic rings. The van der Waals surface area contributed by atoms with Crippen molar-refractivity contribution in [2.45, 2.75) is 12.5 Å². The van der Waals surface area contributed by atoms with Gasteiger partial charge in [-0.15, -0.1) is 11.7 Å². The smallest absolute Gasteiger partial charge is 0.200 e. The van der Waals surface area contributed by atoms with Gasteiger partial charge in [0.1, 0.15) is 5.69 Å². The van der Waals surface area contributed by atoms with Crippen LogP contribution in [0.25, 0.3) is 0 Å². The zero-order valence-corrected chi connectivity index (χ0v) is 9.36. The molecule has 76 valence electrons. The number of aromatic nitrogens is 3. The summed E-state index contributed by atoms with van der Waals surface area (Å²) in [6, 6.07) is -0.582. The van der Waals surface area contributed by atoms with E-state index in [4.69, 9.17) is 5.73 Å². The average molecular weight is 259 g/mol. The number of nitrogens with two attached hydrogens (primary N) is 1. The number of aryl methyl sites for hydroxylation is 1. The fraction of sp³-hybridized carbons (Fsp3) is 0.375. The van der Waals surface area contributed by atoms with E-state index in [1.165, 1.54) is 4.68 Å².